The maximum Gasteiger partial charge on any atom is 0.332 e. The summed E-state index contributed by atoms with van der Waals surface area (Å²) in [5, 5.41) is 3.79. The Labute approximate surface area is 137 Å². The van der Waals surface area contributed by atoms with Gasteiger partial charge in [0.25, 0.3) is 0 Å². The molecule has 0 amide bonds. The molecule has 3 nitrogen and oxygen atoms in total. The van der Waals surface area contributed by atoms with Crippen LogP contribution < -0.4 is 5.32 Å². The average Bonchev–Trinajstić information content (AvgIpc) is 2.47. The molecule has 2 rings (SSSR count). The minimum absolute atomic E-state index is 0.366. The Morgan fingerprint density at radius 1 is 1.29 bits per heavy atom. The van der Waals surface area contributed by atoms with Crippen molar-refractivity contribution < 1.29 is 9.53 Å². The summed E-state index contributed by atoms with van der Waals surface area (Å²) in [7, 11) is 1.37. The number of benzene rings is 2. The molecular weight excluding hydrogens is 354 g/mol. The summed E-state index contributed by atoms with van der Waals surface area (Å²) < 4.78 is 5.81. The first-order chi connectivity index (χ1) is 10.0. The number of anilines is 1. The van der Waals surface area contributed by atoms with Crippen LogP contribution in [-0.4, -0.2) is 13.1 Å². The van der Waals surface area contributed by atoms with Crippen LogP contribution in [0.3, 0.4) is 0 Å². The van der Waals surface area contributed by atoms with Crippen molar-refractivity contribution in [3.05, 3.63) is 63.1 Å². The zero-order chi connectivity index (χ0) is 15.4. The highest BCUT2D eigenvalue weighted by molar-refractivity contribution is 9.10. The zero-order valence-corrected chi connectivity index (χ0v) is 14.0. The summed E-state index contributed by atoms with van der Waals surface area (Å²) in [5.41, 5.74) is 2.54. The highest BCUT2D eigenvalue weighted by atomic mass is 79.9. The Bertz CT molecular complexity index is 660. The van der Waals surface area contributed by atoms with Crippen LogP contribution in [0.2, 0.25) is 5.02 Å². The molecule has 0 aromatic heterocycles. The van der Waals surface area contributed by atoms with Gasteiger partial charge in [-0.15, -0.1) is 0 Å². The van der Waals surface area contributed by atoms with Gasteiger partial charge < -0.3 is 10.1 Å². The fourth-order valence-corrected chi connectivity index (χ4v) is 2.52. The van der Waals surface area contributed by atoms with Crippen molar-refractivity contribution in [2.24, 2.45) is 0 Å². The van der Waals surface area contributed by atoms with Gasteiger partial charge in [0.05, 0.1) is 7.11 Å². The largest absolute Gasteiger partial charge is 0.467 e. The van der Waals surface area contributed by atoms with Crippen LogP contribution in [0.1, 0.15) is 17.2 Å². The predicted octanol–water partition coefficient (Wildman–Crippen LogP) is 4.74. The van der Waals surface area contributed by atoms with Crippen LogP contribution in [0.5, 0.6) is 0 Å². The van der Waals surface area contributed by atoms with Crippen LogP contribution in [-0.2, 0) is 9.53 Å². The minimum Gasteiger partial charge on any atom is -0.467 e. The Balaban J connectivity index is 2.34. The monoisotopic (exact) mass is 367 g/mol. The van der Waals surface area contributed by atoms with Crippen LogP contribution in [0, 0.1) is 6.92 Å². The van der Waals surface area contributed by atoms with E-state index in [9.17, 15) is 4.79 Å². The van der Waals surface area contributed by atoms with Crippen molar-refractivity contribution in [3.8, 4) is 0 Å². The molecule has 0 spiro atoms. The molecule has 0 radical (unpaired) electrons. The van der Waals surface area contributed by atoms with Gasteiger partial charge in [0, 0.05) is 15.2 Å². The molecule has 110 valence electrons. The van der Waals surface area contributed by atoms with E-state index in [0.717, 1.165) is 21.3 Å². The molecule has 0 bridgehead atoms. The van der Waals surface area contributed by atoms with Crippen LogP contribution in [0.4, 0.5) is 5.69 Å². The van der Waals surface area contributed by atoms with Gasteiger partial charge >= 0.3 is 5.97 Å². The van der Waals surface area contributed by atoms with Gasteiger partial charge in [0.15, 0.2) is 6.04 Å². The topological polar surface area (TPSA) is 38.3 Å². The van der Waals surface area contributed by atoms with Gasteiger partial charge in [-0.25, -0.2) is 4.79 Å². The first-order valence-corrected chi connectivity index (χ1v) is 7.54. The third kappa shape index (κ3) is 3.99. The second-order valence-corrected chi connectivity index (χ2v) is 5.94. The van der Waals surface area contributed by atoms with E-state index in [1.54, 1.807) is 6.07 Å². The lowest BCUT2D eigenvalue weighted by Gasteiger charge is -2.19. The van der Waals surface area contributed by atoms with E-state index in [4.69, 9.17) is 16.3 Å². The van der Waals surface area contributed by atoms with Crippen molar-refractivity contribution in [3.63, 3.8) is 0 Å². The molecule has 0 heterocycles. The zero-order valence-electron chi connectivity index (χ0n) is 11.7. The molecule has 5 heteroatoms. The van der Waals surface area contributed by atoms with Gasteiger partial charge in [-0.05, 0) is 42.3 Å². The summed E-state index contributed by atoms with van der Waals surface area (Å²) in [6.45, 7) is 1.92. The lowest BCUT2D eigenvalue weighted by molar-refractivity contribution is -0.141. The van der Waals surface area contributed by atoms with Gasteiger partial charge in [0.2, 0.25) is 0 Å². The fourth-order valence-electron chi connectivity index (χ4n) is 1.93. The van der Waals surface area contributed by atoms with E-state index in [1.165, 1.54) is 7.11 Å². The Hall–Kier alpha value is -1.52. The molecule has 0 aliphatic carbocycles. The molecule has 1 unspecified atom stereocenters. The smallest absolute Gasteiger partial charge is 0.332 e. The number of carbonyl (C=O) groups is 1. The predicted molar refractivity (Wildman–Crippen MR) is 88.7 cm³/mol. The Morgan fingerprint density at radius 2 is 2.05 bits per heavy atom. The molecule has 1 N–H and O–H groups in total. The lowest BCUT2D eigenvalue weighted by atomic mass is 10.0. The molecule has 0 aliphatic heterocycles. The summed E-state index contributed by atoms with van der Waals surface area (Å²) >= 11 is 9.55. The number of aryl methyl sites for hydroxylation is 1. The van der Waals surface area contributed by atoms with Crippen LogP contribution in [0.15, 0.2) is 46.9 Å². The van der Waals surface area contributed by atoms with E-state index in [1.807, 2.05) is 43.3 Å². The summed E-state index contributed by atoms with van der Waals surface area (Å²) in [5.74, 6) is -0.366. The first-order valence-electron chi connectivity index (χ1n) is 6.37. The highest BCUT2D eigenvalue weighted by Crippen LogP contribution is 2.26. The number of halogens is 2. The van der Waals surface area contributed by atoms with E-state index < -0.39 is 6.04 Å². The van der Waals surface area contributed by atoms with Crippen molar-refractivity contribution in [2.75, 3.05) is 12.4 Å². The maximum atomic E-state index is 12.1. The Morgan fingerprint density at radius 3 is 2.67 bits per heavy atom. The van der Waals surface area contributed by atoms with Crippen molar-refractivity contribution in [1.29, 1.82) is 0 Å². The lowest BCUT2D eigenvalue weighted by Crippen LogP contribution is -2.22. The number of methoxy groups -OCH3 is 1. The molecular formula is C16H15BrClNO2. The van der Waals surface area contributed by atoms with E-state index in [0.29, 0.717) is 5.02 Å². The number of hydrogen-bond donors (Lipinski definition) is 1. The second-order valence-electron chi connectivity index (χ2n) is 4.62. The fraction of sp³-hybridized carbons (Fsp3) is 0.188. The van der Waals surface area contributed by atoms with E-state index in [-0.39, 0.29) is 5.97 Å². The number of hydrogen-bond acceptors (Lipinski definition) is 3. The van der Waals surface area contributed by atoms with Crippen molar-refractivity contribution >= 4 is 39.2 Å². The van der Waals surface area contributed by atoms with Crippen LogP contribution >= 0.6 is 27.5 Å². The SMILES string of the molecule is COC(=O)C(Nc1cccc(Br)c1)c1ccc(C)c(Cl)c1. The molecule has 0 saturated carbocycles. The summed E-state index contributed by atoms with van der Waals surface area (Å²) in [6.07, 6.45) is 0. The third-order valence-corrected chi connectivity index (χ3v) is 4.00. The van der Waals surface area contributed by atoms with Gasteiger partial charge in [-0.2, -0.15) is 0 Å². The highest BCUT2D eigenvalue weighted by Gasteiger charge is 2.22. The Kier molecular flexibility index (Phi) is 5.26. The molecule has 21 heavy (non-hydrogen) atoms. The number of ether oxygens (including phenoxy) is 1. The molecule has 2 aromatic carbocycles. The number of esters is 1. The van der Waals surface area contributed by atoms with Gasteiger partial charge in [-0.3, -0.25) is 0 Å². The molecule has 0 aliphatic rings. The molecule has 0 saturated heterocycles. The normalized spacial score (nSPS) is 11.8. The quantitative estimate of drug-likeness (QED) is 0.792. The van der Waals surface area contributed by atoms with E-state index in [2.05, 4.69) is 21.2 Å². The molecule has 0 fully saturated rings. The number of rotatable bonds is 4. The minimum atomic E-state index is -0.609. The second kappa shape index (κ2) is 6.96. The number of carbonyl (C=O) groups excluding carboxylic acids is 1. The van der Waals surface area contributed by atoms with Crippen LogP contribution in [0.25, 0.3) is 0 Å². The van der Waals surface area contributed by atoms with E-state index >= 15 is 0 Å². The van der Waals surface area contributed by atoms with Crippen molar-refractivity contribution in [1.82, 2.24) is 0 Å². The molecule has 1 atom stereocenters. The summed E-state index contributed by atoms with van der Waals surface area (Å²) in [4.78, 5) is 12.1. The van der Waals surface area contributed by atoms with Crippen molar-refractivity contribution in [2.45, 2.75) is 13.0 Å². The molecule has 2 aromatic rings. The maximum absolute atomic E-state index is 12.1. The standard InChI is InChI=1S/C16H15BrClNO2/c1-10-6-7-11(8-14(10)18)15(16(20)21-2)19-13-5-3-4-12(17)9-13/h3-9,15,19H,1-2H3. The number of nitrogens with one attached hydrogen (secondary N) is 1. The third-order valence-electron chi connectivity index (χ3n) is 3.10. The first kappa shape index (κ1) is 15.9. The summed E-state index contributed by atoms with van der Waals surface area (Å²) in [6, 6.07) is 12.5. The van der Waals surface area contributed by atoms with Gasteiger partial charge in [0.1, 0.15) is 0 Å². The average molecular weight is 369 g/mol. The van der Waals surface area contributed by atoms with Gasteiger partial charge in [-0.1, -0.05) is 45.7 Å².